The molecule has 0 saturated carbocycles. The van der Waals surface area contributed by atoms with E-state index in [4.69, 9.17) is 4.74 Å². The summed E-state index contributed by atoms with van der Waals surface area (Å²) in [5, 5.41) is 6.68. The maximum absolute atomic E-state index is 5.28. The molecule has 0 radical (unpaired) electrons. The normalized spacial score (nSPS) is 21.6. The van der Waals surface area contributed by atoms with Crippen molar-refractivity contribution in [1.29, 1.82) is 0 Å². The molecular weight excluding hydrogens is 140 g/mol. The molecule has 0 spiro atoms. The van der Waals surface area contributed by atoms with Crippen LogP contribution in [0, 0.1) is 0 Å². The molecule has 0 aliphatic carbocycles. The van der Waals surface area contributed by atoms with Gasteiger partial charge in [-0.05, 0) is 18.2 Å². The van der Waals surface area contributed by atoms with E-state index in [0.717, 1.165) is 5.69 Å². The largest absolute Gasteiger partial charge is 0.488 e. The molecule has 11 heavy (non-hydrogen) atoms. The second kappa shape index (κ2) is 2.62. The van der Waals surface area contributed by atoms with Gasteiger partial charge in [-0.2, -0.15) is 5.10 Å². The number of hydrogen-bond donors (Lipinski definition) is 1. The van der Waals surface area contributed by atoms with Crippen LogP contribution in [0.5, 0.6) is 0 Å². The van der Waals surface area contributed by atoms with Crippen LogP contribution in [0.25, 0.3) is 0 Å². The van der Waals surface area contributed by atoms with Crippen LogP contribution in [0.1, 0.15) is 11.8 Å². The topological polar surface area (TPSA) is 37.9 Å². The Hall–Kier alpha value is -1.51. The molecule has 2 rings (SSSR count). The number of hydrogen-bond acceptors (Lipinski definition) is 2. The average molecular weight is 148 g/mol. The number of H-pyrrole nitrogens is 1. The summed E-state index contributed by atoms with van der Waals surface area (Å²) in [6, 6.07) is 1.90. The van der Waals surface area contributed by atoms with Crippen LogP contribution >= 0.6 is 0 Å². The van der Waals surface area contributed by atoms with Gasteiger partial charge in [-0.3, -0.25) is 5.10 Å². The zero-order valence-corrected chi connectivity index (χ0v) is 5.90. The van der Waals surface area contributed by atoms with Crippen molar-refractivity contribution < 1.29 is 4.74 Å². The van der Waals surface area contributed by atoms with Crippen molar-refractivity contribution in [3.63, 3.8) is 0 Å². The number of aromatic nitrogens is 2. The van der Waals surface area contributed by atoms with Crippen LogP contribution in [0.4, 0.5) is 0 Å². The lowest BCUT2D eigenvalue weighted by Gasteiger charge is -2.12. The molecular formula is C8H8N2O. The predicted octanol–water partition coefficient (Wildman–Crippen LogP) is 1.55. The van der Waals surface area contributed by atoms with E-state index in [9.17, 15) is 0 Å². The van der Waals surface area contributed by atoms with E-state index in [-0.39, 0.29) is 6.10 Å². The zero-order valence-electron chi connectivity index (χ0n) is 5.90. The second-order valence-corrected chi connectivity index (χ2v) is 2.28. The maximum Gasteiger partial charge on any atom is 0.158 e. The smallest absolute Gasteiger partial charge is 0.158 e. The minimum atomic E-state index is 0.00231. The number of nitrogens with zero attached hydrogens (tertiary/aromatic N) is 1. The van der Waals surface area contributed by atoms with E-state index in [0.29, 0.717) is 0 Å². The Morgan fingerprint density at radius 2 is 2.45 bits per heavy atom. The van der Waals surface area contributed by atoms with E-state index < -0.39 is 0 Å². The molecule has 2 heterocycles. The number of aromatic amines is 1. The molecule has 1 atom stereocenters. The zero-order chi connectivity index (χ0) is 7.52. The van der Waals surface area contributed by atoms with Crippen molar-refractivity contribution in [3.8, 4) is 0 Å². The third kappa shape index (κ3) is 1.17. The van der Waals surface area contributed by atoms with E-state index >= 15 is 0 Å². The lowest BCUT2D eigenvalue weighted by molar-refractivity contribution is 0.182. The summed E-state index contributed by atoms with van der Waals surface area (Å²) in [6.45, 7) is 0. The van der Waals surface area contributed by atoms with E-state index in [1.54, 1.807) is 12.5 Å². The van der Waals surface area contributed by atoms with Crippen LogP contribution in [0.3, 0.4) is 0 Å². The fourth-order valence-electron chi connectivity index (χ4n) is 0.988. The van der Waals surface area contributed by atoms with Gasteiger partial charge in [0.1, 0.15) is 0 Å². The highest BCUT2D eigenvalue weighted by Gasteiger charge is 2.09. The summed E-state index contributed by atoms with van der Waals surface area (Å²) in [4.78, 5) is 0. The Labute approximate surface area is 64.4 Å². The Balaban J connectivity index is 2.19. The summed E-state index contributed by atoms with van der Waals surface area (Å²) in [6.07, 6.45) is 9.16. The molecule has 3 heteroatoms. The van der Waals surface area contributed by atoms with Crippen molar-refractivity contribution in [2.45, 2.75) is 6.10 Å². The molecule has 0 fully saturated rings. The predicted molar refractivity (Wildman–Crippen MR) is 40.7 cm³/mol. The number of ether oxygens (including phenoxy) is 1. The molecule has 1 aromatic rings. The lowest BCUT2D eigenvalue weighted by Crippen LogP contribution is -1.99. The van der Waals surface area contributed by atoms with E-state index in [1.807, 2.05) is 24.3 Å². The third-order valence-electron chi connectivity index (χ3n) is 1.53. The average Bonchev–Trinajstić information content (AvgIpc) is 2.58. The molecule has 56 valence electrons. The van der Waals surface area contributed by atoms with Gasteiger partial charge >= 0.3 is 0 Å². The molecule has 0 aromatic carbocycles. The molecule has 1 aromatic heterocycles. The molecule has 1 aliphatic heterocycles. The van der Waals surface area contributed by atoms with Gasteiger partial charge in [0, 0.05) is 6.20 Å². The van der Waals surface area contributed by atoms with Gasteiger partial charge in [-0.1, -0.05) is 6.08 Å². The molecule has 1 unspecified atom stereocenters. The van der Waals surface area contributed by atoms with Crippen molar-refractivity contribution in [3.05, 3.63) is 42.4 Å². The quantitative estimate of drug-likeness (QED) is 0.656. The number of rotatable bonds is 1. The first-order valence-electron chi connectivity index (χ1n) is 3.45. The molecule has 0 bridgehead atoms. The van der Waals surface area contributed by atoms with Crippen LogP contribution in [-0.4, -0.2) is 10.2 Å². The van der Waals surface area contributed by atoms with Gasteiger partial charge in [0.25, 0.3) is 0 Å². The Kier molecular flexibility index (Phi) is 1.48. The second-order valence-electron chi connectivity index (χ2n) is 2.28. The summed E-state index contributed by atoms with van der Waals surface area (Å²) in [7, 11) is 0. The van der Waals surface area contributed by atoms with Crippen molar-refractivity contribution in [2.24, 2.45) is 0 Å². The number of nitrogens with one attached hydrogen (secondary N) is 1. The number of allylic oxidation sites excluding steroid dienone is 2. The van der Waals surface area contributed by atoms with E-state index in [2.05, 4.69) is 10.2 Å². The Morgan fingerprint density at radius 1 is 1.45 bits per heavy atom. The SMILES string of the molecule is C1=COC(c2ccn[nH]2)C=C1. The third-order valence-corrected chi connectivity index (χ3v) is 1.53. The van der Waals surface area contributed by atoms with Crippen LogP contribution in [0.15, 0.2) is 36.8 Å². The van der Waals surface area contributed by atoms with E-state index in [1.165, 1.54) is 0 Å². The van der Waals surface area contributed by atoms with Crippen molar-refractivity contribution >= 4 is 0 Å². The van der Waals surface area contributed by atoms with Gasteiger partial charge in [0.05, 0.1) is 12.0 Å². The Morgan fingerprint density at radius 3 is 3.09 bits per heavy atom. The fraction of sp³-hybridized carbons (Fsp3) is 0.125. The molecule has 0 saturated heterocycles. The first kappa shape index (κ1) is 6.22. The molecule has 3 nitrogen and oxygen atoms in total. The fourth-order valence-corrected chi connectivity index (χ4v) is 0.988. The van der Waals surface area contributed by atoms with Crippen LogP contribution < -0.4 is 0 Å². The van der Waals surface area contributed by atoms with Gasteiger partial charge in [0.2, 0.25) is 0 Å². The van der Waals surface area contributed by atoms with Crippen molar-refractivity contribution in [2.75, 3.05) is 0 Å². The van der Waals surface area contributed by atoms with Crippen molar-refractivity contribution in [1.82, 2.24) is 10.2 Å². The minimum Gasteiger partial charge on any atom is -0.488 e. The maximum atomic E-state index is 5.28. The highest BCUT2D eigenvalue weighted by molar-refractivity contribution is 5.16. The summed E-state index contributed by atoms with van der Waals surface area (Å²) < 4.78 is 5.28. The lowest BCUT2D eigenvalue weighted by atomic mass is 10.2. The summed E-state index contributed by atoms with van der Waals surface area (Å²) in [5.41, 5.74) is 0.977. The Bertz CT molecular complexity index is 274. The highest BCUT2D eigenvalue weighted by atomic mass is 16.5. The monoisotopic (exact) mass is 148 g/mol. The van der Waals surface area contributed by atoms with Gasteiger partial charge < -0.3 is 4.74 Å². The van der Waals surface area contributed by atoms with Gasteiger partial charge in [-0.25, -0.2) is 0 Å². The van der Waals surface area contributed by atoms with Crippen LogP contribution in [-0.2, 0) is 4.74 Å². The first-order valence-corrected chi connectivity index (χ1v) is 3.45. The summed E-state index contributed by atoms with van der Waals surface area (Å²) >= 11 is 0. The summed E-state index contributed by atoms with van der Waals surface area (Å²) in [5.74, 6) is 0. The van der Waals surface area contributed by atoms with Gasteiger partial charge in [-0.15, -0.1) is 0 Å². The molecule has 0 amide bonds. The standard InChI is InChI=1S/C8H8N2O/c1-2-6-11-8(3-1)7-4-5-9-10-7/h1-6,8H,(H,9,10). The highest BCUT2D eigenvalue weighted by Crippen LogP contribution is 2.18. The van der Waals surface area contributed by atoms with Gasteiger partial charge in [0.15, 0.2) is 6.10 Å². The first-order chi connectivity index (χ1) is 5.47. The van der Waals surface area contributed by atoms with Crippen LogP contribution in [0.2, 0.25) is 0 Å². The minimum absolute atomic E-state index is 0.00231. The molecule has 1 N–H and O–H groups in total. The molecule has 1 aliphatic rings.